The number of fused-ring (bicyclic) bond motifs is 2. The highest BCUT2D eigenvalue weighted by atomic mass is 35.5. The first kappa shape index (κ1) is 13.8. The van der Waals surface area contributed by atoms with Gasteiger partial charge >= 0.3 is 0 Å². The van der Waals surface area contributed by atoms with Crippen LogP contribution in [0.15, 0.2) is 24.5 Å². The molecule has 1 aromatic carbocycles. The number of nitrogens with one attached hydrogen (secondary N) is 1. The molecule has 3 N–H and O–H groups in total. The normalized spacial score (nSPS) is 13.1. The summed E-state index contributed by atoms with van der Waals surface area (Å²) in [6.45, 7) is 0. The van der Waals surface area contributed by atoms with Gasteiger partial charge in [0.15, 0.2) is 11.5 Å². The molecular formula is C15H16ClN5. The predicted molar refractivity (Wildman–Crippen MR) is 84.6 cm³/mol. The van der Waals surface area contributed by atoms with Gasteiger partial charge in [-0.1, -0.05) is 18.2 Å². The second kappa shape index (κ2) is 5.33. The SMILES string of the molecule is Cl.Nc1nc(Cc2ccc3c(c2)CCC3)nc2nc[nH]c12. The van der Waals surface area contributed by atoms with Gasteiger partial charge in [-0.3, -0.25) is 0 Å². The average Bonchev–Trinajstić information content (AvgIpc) is 3.06. The van der Waals surface area contributed by atoms with Gasteiger partial charge in [-0.05, 0) is 36.0 Å². The third-order valence-corrected chi connectivity index (χ3v) is 3.89. The van der Waals surface area contributed by atoms with Crippen LogP contribution in [0.25, 0.3) is 11.2 Å². The molecule has 6 heteroatoms. The first-order valence-electron chi connectivity index (χ1n) is 6.86. The Morgan fingerprint density at radius 1 is 1.14 bits per heavy atom. The van der Waals surface area contributed by atoms with Crippen molar-refractivity contribution < 1.29 is 0 Å². The van der Waals surface area contributed by atoms with E-state index in [4.69, 9.17) is 5.73 Å². The van der Waals surface area contributed by atoms with E-state index in [1.807, 2.05) is 0 Å². The van der Waals surface area contributed by atoms with Gasteiger partial charge in [0.25, 0.3) is 0 Å². The molecule has 0 unspecified atom stereocenters. The van der Waals surface area contributed by atoms with Gasteiger partial charge in [0, 0.05) is 6.42 Å². The van der Waals surface area contributed by atoms with Crippen LogP contribution in [-0.4, -0.2) is 19.9 Å². The average molecular weight is 302 g/mol. The Hall–Kier alpha value is -2.14. The number of nitrogens with two attached hydrogens (primary N) is 1. The van der Waals surface area contributed by atoms with Crippen LogP contribution in [-0.2, 0) is 19.3 Å². The van der Waals surface area contributed by atoms with E-state index < -0.39 is 0 Å². The molecule has 108 valence electrons. The van der Waals surface area contributed by atoms with Crippen LogP contribution in [0.3, 0.4) is 0 Å². The minimum atomic E-state index is 0. The highest BCUT2D eigenvalue weighted by Crippen LogP contribution is 2.24. The topological polar surface area (TPSA) is 80.5 Å². The molecule has 3 aromatic rings. The highest BCUT2D eigenvalue weighted by molar-refractivity contribution is 5.85. The molecule has 0 bridgehead atoms. The molecule has 0 fully saturated rings. The van der Waals surface area contributed by atoms with Crippen LogP contribution in [0.5, 0.6) is 0 Å². The van der Waals surface area contributed by atoms with Crippen LogP contribution >= 0.6 is 12.4 Å². The van der Waals surface area contributed by atoms with E-state index in [-0.39, 0.29) is 12.4 Å². The molecule has 5 nitrogen and oxygen atoms in total. The van der Waals surface area contributed by atoms with Crippen LogP contribution in [0.4, 0.5) is 5.82 Å². The number of benzene rings is 1. The summed E-state index contributed by atoms with van der Waals surface area (Å²) in [5.41, 5.74) is 11.5. The van der Waals surface area contributed by atoms with E-state index in [1.54, 1.807) is 6.33 Å². The highest BCUT2D eigenvalue weighted by Gasteiger charge is 2.12. The number of aromatic nitrogens is 4. The monoisotopic (exact) mass is 301 g/mol. The van der Waals surface area contributed by atoms with Crippen molar-refractivity contribution in [2.75, 3.05) is 5.73 Å². The van der Waals surface area contributed by atoms with Crippen molar-refractivity contribution in [3.63, 3.8) is 0 Å². The molecule has 0 atom stereocenters. The molecule has 0 amide bonds. The van der Waals surface area contributed by atoms with Crippen LogP contribution in [0, 0.1) is 0 Å². The van der Waals surface area contributed by atoms with Crippen molar-refractivity contribution in [2.24, 2.45) is 0 Å². The molecule has 0 saturated carbocycles. The zero-order chi connectivity index (χ0) is 13.5. The molecule has 1 aliphatic carbocycles. The fourth-order valence-electron chi connectivity index (χ4n) is 2.90. The van der Waals surface area contributed by atoms with Gasteiger partial charge in [0.2, 0.25) is 0 Å². The van der Waals surface area contributed by atoms with Gasteiger partial charge in [0.05, 0.1) is 6.33 Å². The smallest absolute Gasteiger partial charge is 0.183 e. The molecule has 0 aliphatic heterocycles. The number of anilines is 1. The summed E-state index contributed by atoms with van der Waals surface area (Å²) in [4.78, 5) is 15.9. The van der Waals surface area contributed by atoms with Crippen molar-refractivity contribution in [3.05, 3.63) is 47.0 Å². The number of H-pyrrole nitrogens is 1. The van der Waals surface area contributed by atoms with Gasteiger partial charge in [-0.15, -0.1) is 12.4 Å². The van der Waals surface area contributed by atoms with Crippen molar-refractivity contribution >= 4 is 29.4 Å². The number of nitrogen functional groups attached to an aromatic ring is 1. The second-order valence-electron chi connectivity index (χ2n) is 5.26. The number of halogens is 1. The molecule has 4 rings (SSSR count). The fourth-order valence-corrected chi connectivity index (χ4v) is 2.90. The minimum absolute atomic E-state index is 0. The van der Waals surface area contributed by atoms with Gasteiger partial charge in [0.1, 0.15) is 11.3 Å². The molecular weight excluding hydrogens is 286 g/mol. The number of nitrogens with zero attached hydrogens (tertiary/aromatic N) is 3. The van der Waals surface area contributed by atoms with Gasteiger partial charge < -0.3 is 10.7 Å². The third-order valence-electron chi connectivity index (χ3n) is 3.89. The van der Waals surface area contributed by atoms with E-state index in [2.05, 4.69) is 38.1 Å². The summed E-state index contributed by atoms with van der Waals surface area (Å²) in [5.74, 6) is 1.18. The number of imidazole rings is 1. The first-order chi connectivity index (χ1) is 9.79. The van der Waals surface area contributed by atoms with E-state index in [0.29, 0.717) is 23.4 Å². The zero-order valence-electron chi connectivity index (χ0n) is 11.5. The van der Waals surface area contributed by atoms with Crippen molar-refractivity contribution in [3.8, 4) is 0 Å². The van der Waals surface area contributed by atoms with E-state index in [1.165, 1.54) is 36.0 Å². The Labute approximate surface area is 128 Å². The Bertz CT molecular complexity index is 796. The summed E-state index contributed by atoms with van der Waals surface area (Å²) in [6.07, 6.45) is 5.94. The van der Waals surface area contributed by atoms with Crippen molar-refractivity contribution in [1.82, 2.24) is 19.9 Å². The zero-order valence-corrected chi connectivity index (χ0v) is 12.3. The Balaban J connectivity index is 0.00000132. The van der Waals surface area contributed by atoms with E-state index >= 15 is 0 Å². The second-order valence-corrected chi connectivity index (χ2v) is 5.26. The predicted octanol–water partition coefficient (Wildman–Crippen LogP) is 2.44. The summed E-state index contributed by atoms with van der Waals surface area (Å²) in [5, 5.41) is 0. The molecule has 2 heterocycles. The largest absolute Gasteiger partial charge is 0.382 e. The van der Waals surface area contributed by atoms with Crippen LogP contribution in [0.2, 0.25) is 0 Å². The molecule has 2 aromatic heterocycles. The number of rotatable bonds is 2. The minimum Gasteiger partial charge on any atom is -0.382 e. The molecule has 0 spiro atoms. The number of hydrogen-bond acceptors (Lipinski definition) is 4. The lowest BCUT2D eigenvalue weighted by Crippen LogP contribution is -2.02. The molecule has 1 aliphatic rings. The van der Waals surface area contributed by atoms with Crippen molar-refractivity contribution in [1.29, 1.82) is 0 Å². The Morgan fingerprint density at radius 3 is 2.90 bits per heavy atom. The maximum atomic E-state index is 5.92. The first-order valence-corrected chi connectivity index (χ1v) is 6.86. The fraction of sp³-hybridized carbons (Fsp3) is 0.267. The number of hydrogen-bond donors (Lipinski definition) is 2. The lowest BCUT2D eigenvalue weighted by molar-refractivity contribution is 0.911. The maximum absolute atomic E-state index is 5.92. The Kier molecular flexibility index (Phi) is 3.51. The lowest BCUT2D eigenvalue weighted by atomic mass is 10.0. The van der Waals surface area contributed by atoms with Crippen LogP contribution in [0.1, 0.15) is 28.9 Å². The lowest BCUT2D eigenvalue weighted by Gasteiger charge is -2.05. The number of aryl methyl sites for hydroxylation is 2. The number of aromatic amines is 1. The molecule has 0 saturated heterocycles. The van der Waals surface area contributed by atoms with Gasteiger partial charge in [-0.25, -0.2) is 15.0 Å². The Morgan fingerprint density at radius 2 is 2.00 bits per heavy atom. The quantitative estimate of drug-likeness (QED) is 0.762. The summed E-state index contributed by atoms with van der Waals surface area (Å²) in [6, 6.07) is 6.67. The summed E-state index contributed by atoms with van der Waals surface area (Å²) < 4.78 is 0. The van der Waals surface area contributed by atoms with Crippen LogP contribution < -0.4 is 5.73 Å². The summed E-state index contributed by atoms with van der Waals surface area (Å²) >= 11 is 0. The van der Waals surface area contributed by atoms with Crippen molar-refractivity contribution in [2.45, 2.75) is 25.7 Å². The summed E-state index contributed by atoms with van der Waals surface area (Å²) in [7, 11) is 0. The molecule has 0 radical (unpaired) electrons. The van der Waals surface area contributed by atoms with E-state index in [0.717, 1.165) is 5.82 Å². The molecule has 21 heavy (non-hydrogen) atoms. The third kappa shape index (κ3) is 2.45. The van der Waals surface area contributed by atoms with Gasteiger partial charge in [-0.2, -0.15) is 0 Å². The standard InChI is InChI=1S/C15H15N5.ClH/c16-14-13-15(18-8-17-13)20-12(19-14)7-9-4-5-10-2-1-3-11(10)6-9;/h4-6,8H,1-3,7H2,(H3,16,17,18,19,20);1H. The maximum Gasteiger partial charge on any atom is 0.183 e. The van der Waals surface area contributed by atoms with E-state index in [9.17, 15) is 0 Å².